The second-order valence-electron chi connectivity index (χ2n) is 6.45. The molecule has 1 atom stereocenters. The molecule has 3 aromatic rings. The average Bonchev–Trinajstić information content (AvgIpc) is 3.28. The molecular formula is C19H21N3OS. The maximum Gasteiger partial charge on any atom is 0.107 e. The zero-order valence-corrected chi connectivity index (χ0v) is 14.5. The van der Waals surface area contributed by atoms with E-state index in [1.54, 1.807) is 11.3 Å². The van der Waals surface area contributed by atoms with Gasteiger partial charge in [0.05, 0.1) is 4.88 Å². The summed E-state index contributed by atoms with van der Waals surface area (Å²) in [6.07, 6.45) is 3.78. The Hall–Kier alpha value is -1.95. The van der Waals surface area contributed by atoms with E-state index >= 15 is 0 Å². The fourth-order valence-corrected chi connectivity index (χ4v) is 4.29. The number of fused-ring (bicyclic) bond motifs is 1. The third-order valence-corrected chi connectivity index (χ3v) is 5.60. The molecule has 2 heterocycles. The number of aromatic nitrogens is 2. The maximum absolute atomic E-state index is 11.0. The number of benzene rings is 1. The molecule has 2 aromatic heterocycles. The van der Waals surface area contributed by atoms with Gasteiger partial charge in [0, 0.05) is 31.9 Å². The van der Waals surface area contributed by atoms with Crippen LogP contribution in [-0.2, 0) is 25.6 Å². The minimum absolute atomic E-state index is 0.558. The van der Waals surface area contributed by atoms with Gasteiger partial charge in [-0.3, -0.25) is 4.68 Å². The van der Waals surface area contributed by atoms with E-state index < -0.39 is 5.60 Å². The van der Waals surface area contributed by atoms with Crippen molar-refractivity contribution >= 4 is 11.3 Å². The second-order valence-corrected chi connectivity index (χ2v) is 7.39. The van der Waals surface area contributed by atoms with Gasteiger partial charge in [0.15, 0.2) is 0 Å². The topological polar surface area (TPSA) is 50.1 Å². The normalized spacial score (nSPS) is 19.6. The van der Waals surface area contributed by atoms with Crippen molar-refractivity contribution in [3.05, 3.63) is 64.7 Å². The summed E-state index contributed by atoms with van der Waals surface area (Å²) in [5.41, 5.74) is 3.76. The summed E-state index contributed by atoms with van der Waals surface area (Å²) >= 11 is 1.70. The smallest absolute Gasteiger partial charge is 0.107 e. The molecule has 2 N–H and O–H groups in total. The Bertz CT molecular complexity index is 840. The molecular weight excluding hydrogens is 318 g/mol. The minimum Gasteiger partial charge on any atom is -0.384 e. The van der Waals surface area contributed by atoms with Crippen molar-refractivity contribution in [3.63, 3.8) is 0 Å². The van der Waals surface area contributed by atoms with Gasteiger partial charge in [-0.25, -0.2) is 0 Å². The molecule has 24 heavy (non-hydrogen) atoms. The molecule has 0 spiro atoms. The standard InChI is InChI=1S/C19H21N3OS/c1-22-12-15(18(21-22)17-7-4-10-24-17)11-20-13-19(23)9-8-14-5-2-3-6-16(14)19/h2-7,10,12,20,23H,8-9,11,13H2,1H3. The lowest BCUT2D eigenvalue weighted by molar-refractivity contribution is 0.0384. The van der Waals surface area contributed by atoms with Gasteiger partial charge in [0.1, 0.15) is 11.3 Å². The van der Waals surface area contributed by atoms with Crippen LogP contribution in [-0.4, -0.2) is 21.4 Å². The minimum atomic E-state index is -0.762. The number of thiophene rings is 1. The van der Waals surface area contributed by atoms with Crippen LogP contribution >= 0.6 is 11.3 Å². The van der Waals surface area contributed by atoms with Crippen LogP contribution in [0.4, 0.5) is 0 Å². The Morgan fingerprint density at radius 3 is 3.00 bits per heavy atom. The van der Waals surface area contributed by atoms with Gasteiger partial charge >= 0.3 is 0 Å². The number of nitrogens with zero attached hydrogens (tertiary/aromatic N) is 2. The Kier molecular flexibility index (Phi) is 4.00. The van der Waals surface area contributed by atoms with Crippen LogP contribution in [0.3, 0.4) is 0 Å². The van der Waals surface area contributed by atoms with Gasteiger partial charge < -0.3 is 10.4 Å². The Morgan fingerprint density at radius 2 is 2.17 bits per heavy atom. The quantitative estimate of drug-likeness (QED) is 0.751. The molecule has 124 valence electrons. The van der Waals surface area contributed by atoms with Crippen LogP contribution in [0.2, 0.25) is 0 Å². The molecule has 0 saturated carbocycles. The third-order valence-electron chi connectivity index (χ3n) is 4.72. The Balaban J connectivity index is 1.47. The summed E-state index contributed by atoms with van der Waals surface area (Å²) in [6, 6.07) is 12.3. The van der Waals surface area contributed by atoms with Crippen molar-refractivity contribution in [2.45, 2.75) is 25.0 Å². The highest BCUT2D eigenvalue weighted by atomic mass is 32.1. The van der Waals surface area contributed by atoms with E-state index in [9.17, 15) is 5.11 Å². The zero-order valence-electron chi connectivity index (χ0n) is 13.7. The van der Waals surface area contributed by atoms with E-state index in [1.807, 2.05) is 36.0 Å². The van der Waals surface area contributed by atoms with Gasteiger partial charge in [0.25, 0.3) is 0 Å². The predicted octanol–water partition coefficient (Wildman–Crippen LogP) is 3.07. The van der Waals surface area contributed by atoms with Gasteiger partial charge in [-0.05, 0) is 35.4 Å². The highest BCUT2D eigenvalue weighted by Crippen LogP contribution is 2.36. The molecule has 4 nitrogen and oxygen atoms in total. The monoisotopic (exact) mass is 339 g/mol. The second kappa shape index (κ2) is 6.16. The van der Waals surface area contributed by atoms with Crippen molar-refractivity contribution in [2.24, 2.45) is 7.05 Å². The van der Waals surface area contributed by atoms with E-state index in [0.717, 1.165) is 29.7 Å². The Morgan fingerprint density at radius 1 is 1.29 bits per heavy atom. The number of hydrogen-bond donors (Lipinski definition) is 2. The van der Waals surface area contributed by atoms with E-state index in [1.165, 1.54) is 10.4 Å². The lowest BCUT2D eigenvalue weighted by Gasteiger charge is -2.24. The SMILES string of the molecule is Cn1cc(CNCC2(O)CCc3ccccc32)c(-c2cccs2)n1. The predicted molar refractivity (Wildman–Crippen MR) is 96.9 cm³/mol. The van der Waals surface area contributed by atoms with Gasteiger partial charge in [-0.1, -0.05) is 30.3 Å². The van der Waals surface area contributed by atoms with Crippen LogP contribution in [0, 0.1) is 0 Å². The fourth-order valence-electron chi connectivity index (χ4n) is 3.54. The van der Waals surface area contributed by atoms with E-state index in [0.29, 0.717) is 13.1 Å². The maximum atomic E-state index is 11.0. The Labute approximate surface area is 145 Å². The van der Waals surface area contributed by atoms with Crippen LogP contribution in [0.5, 0.6) is 0 Å². The third kappa shape index (κ3) is 2.79. The average molecular weight is 339 g/mol. The first-order valence-electron chi connectivity index (χ1n) is 8.24. The molecule has 0 fully saturated rings. The molecule has 0 saturated heterocycles. The summed E-state index contributed by atoms with van der Waals surface area (Å²) in [5.74, 6) is 0. The highest BCUT2D eigenvalue weighted by molar-refractivity contribution is 7.13. The summed E-state index contributed by atoms with van der Waals surface area (Å²) in [5, 5.41) is 21.1. The summed E-state index contributed by atoms with van der Waals surface area (Å²) in [7, 11) is 1.95. The number of aryl methyl sites for hydroxylation is 2. The summed E-state index contributed by atoms with van der Waals surface area (Å²) in [4.78, 5) is 1.18. The number of nitrogens with one attached hydrogen (secondary N) is 1. The molecule has 1 aromatic carbocycles. The fraction of sp³-hybridized carbons (Fsp3) is 0.316. The molecule has 0 radical (unpaired) electrons. The van der Waals surface area contributed by atoms with Crippen LogP contribution < -0.4 is 5.32 Å². The zero-order chi connectivity index (χ0) is 16.6. The lowest BCUT2D eigenvalue weighted by Crippen LogP contribution is -2.36. The molecule has 5 heteroatoms. The molecule has 1 aliphatic carbocycles. The van der Waals surface area contributed by atoms with Crippen molar-refractivity contribution in [2.75, 3.05) is 6.54 Å². The molecule has 0 aliphatic heterocycles. The largest absolute Gasteiger partial charge is 0.384 e. The molecule has 0 amide bonds. The first-order valence-corrected chi connectivity index (χ1v) is 9.11. The van der Waals surface area contributed by atoms with Gasteiger partial charge in [0.2, 0.25) is 0 Å². The first kappa shape index (κ1) is 15.6. The summed E-state index contributed by atoms with van der Waals surface area (Å²) < 4.78 is 1.85. The van der Waals surface area contributed by atoms with Gasteiger partial charge in [-0.15, -0.1) is 11.3 Å². The molecule has 0 bridgehead atoms. The van der Waals surface area contributed by atoms with Crippen molar-refractivity contribution < 1.29 is 5.11 Å². The molecule has 1 unspecified atom stereocenters. The molecule has 1 aliphatic rings. The molecule has 4 rings (SSSR count). The van der Waals surface area contributed by atoms with E-state index in [-0.39, 0.29) is 0 Å². The number of rotatable bonds is 5. The highest BCUT2D eigenvalue weighted by Gasteiger charge is 2.35. The summed E-state index contributed by atoms with van der Waals surface area (Å²) in [6.45, 7) is 1.26. The van der Waals surface area contributed by atoms with Crippen LogP contribution in [0.15, 0.2) is 48.0 Å². The number of aliphatic hydroxyl groups is 1. The van der Waals surface area contributed by atoms with Crippen molar-refractivity contribution in [3.8, 4) is 10.6 Å². The van der Waals surface area contributed by atoms with E-state index in [4.69, 9.17) is 0 Å². The van der Waals surface area contributed by atoms with Gasteiger partial charge in [-0.2, -0.15) is 5.10 Å². The first-order chi connectivity index (χ1) is 11.7. The van der Waals surface area contributed by atoms with Crippen LogP contribution in [0.1, 0.15) is 23.1 Å². The lowest BCUT2D eigenvalue weighted by atomic mass is 9.96. The number of hydrogen-bond acceptors (Lipinski definition) is 4. The van der Waals surface area contributed by atoms with Crippen molar-refractivity contribution in [1.29, 1.82) is 0 Å². The van der Waals surface area contributed by atoms with E-state index in [2.05, 4.69) is 34.1 Å². The van der Waals surface area contributed by atoms with Crippen LogP contribution in [0.25, 0.3) is 10.6 Å². The van der Waals surface area contributed by atoms with Crippen molar-refractivity contribution in [1.82, 2.24) is 15.1 Å².